The lowest BCUT2D eigenvalue weighted by Gasteiger charge is -2.13. The van der Waals surface area contributed by atoms with E-state index in [0.29, 0.717) is 21.8 Å². The highest BCUT2D eigenvalue weighted by Crippen LogP contribution is 2.33. The van der Waals surface area contributed by atoms with Crippen LogP contribution in [0, 0.1) is 13.8 Å². The molecule has 0 fully saturated rings. The number of aryl methyl sites for hydroxylation is 2. The number of benzene rings is 3. The Kier molecular flexibility index (Phi) is 4.93. The molecular weight excluding hydrogens is 372 g/mol. The molecule has 1 heterocycles. The first-order valence-electron chi connectivity index (χ1n) is 9.03. The van der Waals surface area contributed by atoms with Crippen LogP contribution in [-0.4, -0.2) is 0 Å². The van der Waals surface area contributed by atoms with E-state index in [2.05, 4.69) is 0 Å². The van der Waals surface area contributed by atoms with Crippen LogP contribution in [0.25, 0.3) is 22.3 Å². The van der Waals surface area contributed by atoms with Gasteiger partial charge in [-0.05, 0) is 37.1 Å². The Morgan fingerprint density at radius 2 is 1.68 bits per heavy atom. The quantitative estimate of drug-likeness (QED) is 0.410. The van der Waals surface area contributed by atoms with Crippen molar-refractivity contribution in [2.24, 2.45) is 0 Å². The van der Waals surface area contributed by atoms with Gasteiger partial charge in [-0.15, -0.1) is 0 Å². The first kappa shape index (κ1) is 18.3. The molecule has 3 aromatic carbocycles. The summed E-state index contributed by atoms with van der Waals surface area (Å²) < 4.78 is 12.1. The molecule has 0 unspecified atom stereocenters. The lowest BCUT2D eigenvalue weighted by molar-refractivity contribution is 0.298. The molecule has 0 saturated heterocycles. The van der Waals surface area contributed by atoms with Crippen molar-refractivity contribution in [3.8, 4) is 17.1 Å². The van der Waals surface area contributed by atoms with Gasteiger partial charge in [0.2, 0.25) is 11.2 Å². The summed E-state index contributed by atoms with van der Waals surface area (Å²) in [5, 5.41) is 0.936. The number of ether oxygens (including phenoxy) is 1. The van der Waals surface area contributed by atoms with Crippen LogP contribution in [0.2, 0.25) is 5.02 Å². The molecule has 0 amide bonds. The fraction of sp³-hybridized carbons (Fsp3) is 0.125. The zero-order valence-electron chi connectivity index (χ0n) is 15.7. The van der Waals surface area contributed by atoms with E-state index in [4.69, 9.17) is 20.8 Å². The monoisotopic (exact) mass is 390 g/mol. The molecule has 4 rings (SSSR count). The van der Waals surface area contributed by atoms with Crippen molar-refractivity contribution in [2.45, 2.75) is 20.5 Å². The van der Waals surface area contributed by atoms with E-state index in [1.165, 1.54) is 0 Å². The first-order chi connectivity index (χ1) is 13.5. The Labute approximate surface area is 168 Å². The molecule has 4 heteroatoms. The van der Waals surface area contributed by atoms with Crippen LogP contribution >= 0.6 is 11.6 Å². The highest BCUT2D eigenvalue weighted by atomic mass is 35.5. The zero-order chi connectivity index (χ0) is 19.7. The summed E-state index contributed by atoms with van der Waals surface area (Å²) in [6.07, 6.45) is 0. The highest BCUT2D eigenvalue weighted by Gasteiger charge is 2.19. The maximum absolute atomic E-state index is 13.2. The molecule has 0 aliphatic heterocycles. The molecule has 4 aromatic rings. The Hall–Kier alpha value is -3.04. The minimum atomic E-state index is -0.227. The second kappa shape index (κ2) is 7.53. The normalized spacial score (nSPS) is 11.0. The van der Waals surface area contributed by atoms with E-state index in [1.54, 1.807) is 12.1 Å². The van der Waals surface area contributed by atoms with E-state index >= 15 is 0 Å². The van der Waals surface area contributed by atoms with Crippen molar-refractivity contribution in [1.82, 2.24) is 0 Å². The van der Waals surface area contributed by atoms with Gasteiger partial charge in [-0.1, -0.05) is 71.8 Å². The van der Waals surface area contributed by atoms with Gasteiger partial charge in [0.05, 0.1) is 5.39 Å². The summed E-state index contributed by atoms with van der Waals surface area (Å²) >= 11 is 6.24. The number of halogens is 1. The molecule has 1 aromatic heterocycles. The molecule has 140 valence electrons. The molecule has 0 aliphatic carbocycles. The largest absolute Gasteiger partial charge is 0.481 e. The third kappa shape index (κ3) is 3.54. The summed E-state index contributed by atoms with van der Waals surface area (Å²) in [6.45, 7) is 4.17. The zero-order valence-corrected chi connectivity index (χ0v) is 16.4. The smallest absolute Gasteiger partial charge is 0.235 e. The van der Waals surface area contributed by atoms with Crippen molar-refractivity contribution in [2.75, 3.05) is 0 Å². The summed E-state index contributed by atoms with van der Waals surface area (Å²) in [4.78, 5) is 13.2. The molecule has 0 saturated carbocycles. The van der Waals surface area contributed by atoms with Gasteiger partial charge in [0.15, 0.2) is 5.76 Å². The van der Waals surface area contributed by atoms with Gasteiger partial charge in [0.1, 0.15) is 12.2 Å². The average Bonchev–Trinajstić information content (AvgIpc) is 2.70. The maximum atomic E-state index is 13.2. The Morgan fingerprint density at radius 1 is 0.964 bits per heavy atom. The van der Waals surface area contributed by atoms with Crippen LogP contribution in [0.15, 0.2) is 75.9 Å². The molecule has 0 aliphatic rings. The highest BCUT2D eigenvalue weighted by molar-refractivity contribution is 6.32. The van der Waals surface area contributed by atoms with Crippen molar-refractivity contribution < 1.29 is 9.15 Å². The minimum absolute atomic E-state index is 0.195. The molecule has 28 heavy (non-hydrogen) atoms. The average molecular weight is 391 g/mol. The second-order valence-electron chi connectivity index (χ2n) is 6.83. The molecule has 0 spiro atoms. The van der Waals surface area contributed by atoms with E-state index in [0.717, 1.165) is 22.3 Å². The summed E-state index contributed by atoms with van der Waals surface area (Å²) in [6, 6.07) is 21.0. The SMILES string of the molecule is Cc1ccc(-c2oc3cc(C)c(Cl)cc3c(=O)c2OCc2ccccc2)cc1. The van der Waals surface area contributed by atoms with Gasteiger partial charge >= 0.3 is 0 Å². The van der Waals surface area contributed by atoms with Crippen molar-refractivity contribution in [1.29, 1.82) is 0 Å². The Morgan fingerprint density at radius 3 is 2.39 bits per heavy atom. The van der Waals surface area contributed by atoms with Crippen molar-refractivity contribution in [3.05, 3.63) is 98.7 Å². The maximum Gasteiger partial charge on any atom is 0.235 e. The predicted octanol–water partition coefficient (Wildman–Crippen LogP) is 6.31. The van der Waals surface area contributed by atoms with Crippen LogP contribution in [-0.2, 0) is 6.61 Å². The number of hydrogen-bond donors (Lipinski definition) is 0. The van der Waals surface area contributed by atoms with Crippen LogP contribution in [0.4, 0.5) is 0 Å². The molecule has 0 atom stereocenters. The molecule has 0 bridgehead atoms. The summed E-state index contributed by atoms with van der Waals surface area (Å²) in [7, 11) is 0. The fourth-order valence-corrected chi connectivity index (χ4v) is 3.22. The minimum Gasteiger partial charge on any atom is -0.481 e. The van der Waals surface area contributed by atoms with Crippen molar-refractivity contribution in [3.63, 3.8) is 0 Å². The van der Waals surface area contributed by atoms with Gasteiger partial charge in [-0.3, -0.25) is 4.79 Å². The van der Waals surface area contributed by atoms with Gasteiger partial charge in [0, 0.05) is 10.6 Å². The van der Waals surface area contributed by atoms with E-state index in [9.17, 15) is 4.79 Å². The molecule has 0 N–H and O–H groups in total. The third-order valence-corrected chi connectivity index (χ3v) is 5.08. The molecule has 3 nitrogen and oxygen atoms in total. The predicted molar refractivity (Wildman–Crippen MR) is 113 cm³/mol. The number of hydrogen-bond acceptors (Lipinski definition) is 3. The van der Waals surface area contributed by atoms with Crippen molar-refractivity contribution >= 4 is 22.6 Å². The lowest BCUT2D eigenvalue weighted by atomic mass is 10.1. The standard InChI is InChI=1S/C24H19ClO3/c1-15-8-10-18(11-9-15)23-24(27-14-17-6-4-3-5-7-17)22(26)19-13-20(25)16(2)12-21(19)28-23/h3-13H,14H2,1-2H3. The Bertz CT molecular complexity index is 1190. The van der Waals surface area contributed by atoms with Gasteiger partial charge < -0.3 is 9.15 Å². The third-order valence-electron chi connectivity index (χ3n) is 4.67. The van der Waals surface area contributed by atoms with Gasteiger partial charge in [-0.2, -0.15) is 0 Å². The second-order valence-corrected chi connectivity index (χ2v) is 7.23. The van der Waals surface area contributed by atoms with Crippen LogP contribution < -0.4 is 10.2 Å². The van der Waals surface area contributed by atoms with Crippen LogP contribution in [0.3, 0.4) is 0 Å². The van der Waals surface area contributed by atoms with Gasteiger partial charge in [-0.25, -0.2) is 0 Å². The van der Waals surface area contributed by atoms with Crippen LogP contribution in [0.1, 0.15) is 16.7 Å². The fourth-order valence-electron chi connectivity index (χ4n) is 3.05. The Balaban J connectivity index is 1.89. The number of rotatable bonds is 4. The molecule has 0 radical (unpaired) electrons. The summed E-state index contributed by atoms with van der Waals surface area (Å²) in [5.41, 5.74) is 4.01. The summed E-state index contributed by atoms with van der Waals surface area (Å²) in [5.74, 6) is 0.621. The van der Waals surface area contributed by atoms with Crippen LogP contribution in [0.5, 0.6) is 5.75 Å². The first-order valence-corrected chi connectivity index (χ1v) is 9.41. The topological polar surface area (TPSA) is 39.4 Å². The number of fused-ring (bicyclic) bond motifs is 1. The van der Waals surface area contributed by atoms with E-state index < -0.39 is 0 Å². The van der Waals surface area contributed by atoms with E-state index in [-0.39, 0.29) is 17.8 Å². The lowest BCUT2D eigenvalue weighted by Crippen LogP contribution is -2.10. The molecular formula is C24H19ClO3. The van der Waals surface area contributed by atoms with E-state index in [1.807, 2.05) is 68.4 Å². The van der Waals surface area contributed by atoms with Gasteiger partial charge in [0.25, 0.3) is 0 Å².